The van der Waals surface area contributed by atoms with E-state index in [-0.39, 0.29) is 22.9 Å². The molecule has 0 saturated carbocycles. The van der Waals surface area contributed by atoms with Crippen LogP contribution in [0.1, 0.15) is 27.4 Å². The molecule has 0 aliphatic rings. The van der Waals surface area contributed by atoms with Crippen molar-refractivity contribution >= 4 is 21.6 Å². The van der Waals surface area contributed by atoms with Gasteiger partial charge in [-0.1, -0.05) is 6.07 Å². The van der Waals surface area contributed by atoms with Crippen molar-refractivity contribution in [2.24, 2.45) is 0 Å². The van der Waals surface area contributed by atoms with Crippen LogP contribution in [0.3, 0.4) is 0 Å². The molecule has 1 amide bonds. The zero-order valence-corrected chi connectivity index (χ0v) is 18.1. The van der Waals surface area contributed by atoms with Gasteiger partial charge >= 0.3 is 0 Å². The number of hydrogen-bond acceptors (Lipinski definition) is 5. The van der Waals surface area contributed by atoms with Crippen LogP contribution in [0, 0.1) is 13.8 Å². The van der Waals surface area contributed by atoms with E-state index in [4.69, 9.17) is 9.15 Å². The first-order valence-corrected chi connectivity index (χ1v) is 10.8. The van der Waals surface area contributed by atoms with Gasteiger partial charge in [-0.05, 0) is 67.9 Å². The molecule has 0 unspecified atom stereocenters. The summed E-state index contributed by atoms with van der Waals surface area (Å²) in [6, 6.07) is 14.8. The van der Waals surface area contributed by atoms with Crippen LogP contribution in [-0.4, -0.2) is 33.4 Å². The molecule has 0 aliphatic heterocycles. The number of benzene rings is 2. The normalized spacial score (nSPS) is 11.2. The number of nitrogens with one attached hydrogen (secondary N) is 1. The molecule has 7 nitrogen and oxygen atoms in total. The Hall–Kier alpha value is -3.26. The molecule has 0 spiro atoms. The summed E-state index contributed by atoms with van der Waals surface area (Å²) in [5.41, 5.74) is 1.22. The van der Waals surface area contributed by atoms with Crippen molar-refractivity contribution in [2.45, 2.75) is 25.3 Å². The lowest BCUT2D eigenvalue weighted by Crippen LogP contribution is -2.26. The molecule has 2 aromatic carbocycles. The monoisotopic (exact) mass is 428 g/mol. The minimum Gasteiger partial charge on any atom is -0.497 e. The third kappa shape index (κ3) is 4.83. The van der Waals surface area contributed by atoms with Crippen molar-refractivity contribution in [3.05, 3.63) is 77.2 Å². The molecule has 1 aromatic heterocycles. The fraction of sp³-hybridized carbons (Fsp3) is 0.227. The van der Waals surface area contributed by atoms with Crippen LogP contribution in [0.15, 0.2) is 63.9 Å². The molecule has 3 aromatic rings. The molecule has 158 valence electrons. The van der Waals surface area contributed by atoms with E-state index < -0.39 is 10.0 Å². The number of carbonyl (C=O) groups is 1. The summed E-state index contributed by atoms with van der Waals surface area (Å²) in [5, 5.41) is 0. The van der Waals surface area contributed by atoms with Crippen molar-refractivity contribution in [1.82, 2.24) is 4.90 Å². The second-order valence-corrected chi connectivity index (χ2v) is 8.64. The molecule has 1 heterocycles. The van der Waals surface area contributed by atoms with Gasteiger partial charge in [0.2, 0.25) is 0 Å². The molecular formula is C22H24N2O5S. The largest absolute Gasteiger partial charge is 0.497 e. The predicted molar refractivity (Wildman–Crippen MR) is 114 cm³/mol. The maximum absolute atomic E-state index is 12.9. The Bertz CT molecular complexity index is 1150. The number of ether oxygens (including phenoxy) is 1. The van der Waals surface area contributed by atoms with Gasteiger partial charge in [0, 0.05) is 18.3 Å². The second-order valence-electron chi connectivity index (χ2n) is 6.99. The SMILES string of the molecule is COc1ccc(NS(=O)(=O)c2cc(C(=O)N(C)Cc3ccc(C)o3)ccc2C)cc1. The fourth-order valence-corrected chi connectivity index (χ4v) is 4.32. The first-order chi connectivity index (χ1) is 14.2. The van der Waals surface area contributed by atoms with Crippen LogP contribution in [0.4, 0.5) is 5.69 Å². The zero-order valence-electron chi connectivity index (χ0n) is 17.3. The average Bonchev–Trinajstić information content (AvgIpc) is 3.12. The Morgan fingerprint density at radius 2 is 1.77 bits per heavy atom. The standard InChI is InChI=1S/C22H24N2O5S/c1-15-5-7-17(22(25)24(3)14-20-10-6-16(2)29-20)13-21(15)30(26,27)23-18-8-11-19(28-4)12-9-18/h5-13,23H,14H2,1-4H3. The zero-order chi connectivity index (χ0) is 21.9. The number of furan rings is 1. The third-order valence-electron chi connectivity index (χ3n) is 4.60. The van der Waals surface area contributed by atoms with E-state index in [2.05, 4.69) is 4.72 Å². The van der Waals surface area contributed by atoms with Crippen molar-refractivity contribution in [3.63, 3.8) is 0 Å². The van der Waals surface area contributed by atoms with Gasteiger partial charge in [-0.2, -0.15) is 0 Å². The number of aryl methyl sites for hydroxylation is 2. The number of amides is 1. The molecule has 30 heavy (non-hydrogen) atoms. The Morgan fingerprint density at radius 1 is 1.07 bits per heavy atom. The van der Waals surface area contributed by atoms with E-state index in [0.717, 1.165) is 5.76 Å². The van der Waals surface area contributed by atoms with Gasteiger partial charge < -0.3 is 14.1 Å². The van der Waals surface area contributed by atoms with Gasteiger partial charge in [-0.15, -0.1) is 0 Å². The van der Waals surface area contributed by atoms with Gasteiger partial charge in [0.1, 0.15) is 17.3 Å². The molecule has 0 bridgehead atoms. The molecule has 0 fully saturated rings. The Labute approximate surface area is 176 Å². The van der Waals surface area contributed by atoms with Gasteiger partial charge in [0.15, 0.2) is 0 Å². The third-order valence-corrected chi connectivity index (χ3v) is 6.13. The number of carbonyl (C=O) groups excluding carboxylic acids is 1. The molecule has 0 radical (unpaired) electrons. The average molecular weight is 429 g/mol. The second kappa shape index (κ2) is 8.62. The summed E-state index contributed by atoms with van der Waals surface area (Å²) >= 11 is 0. The number of hydrogen-bond donors (Lipinski definition) is 1. The maximum atomic E-state index is 12.9. The van der Waals surface area contributed by atoms with Crippen molar-refractivity contribution < 1.29 is 22.4 Å². The molecule has 1 N–H and O–H groups in total. The van der Waals surface area contributed by atoms with Crippen LogP contribution >= 0.6 is 0 Å². The van der Waals surface area contributed by atoms with E-state index in [1.807, 2.05) is 19.1 Å². The van der Waals surface area contributed by atoms with Crippen molar-refractivity contribution in [3.8, 4) is 5.75 Å². The highest BCUT2D eigenvalue weighted by atomic mass is 32.2. The van der Waals surface area contributed by atoms with Crippen LogP contribution in [0.2, 0.25) is 0 Å². The first-order valence-electron chi connectivity index (χ1n) is 9.28. The van der Waals surface area contributed by atoms with Crippen LogP contribution in [-0.2, 0) is 16.6 Å². The van der Waals surface area contributed by atoms with Crippen molar-refractivity contribution in [1.29, 1.82) is 0 Å². The summed E-state index contributed by atoms with van der Waals surface area (Å²) in [6.07, 6.45) is 0. The number of methoxy groups -OCH3 is 1. The first kappa shape index (κ1) is 21.4. The van der Waals surface area contributed by atoms with Gasteiger partial charge in [0.25, 0.3) is 15.9 Å². The molecule has 8 heteroatoms. The molecule has 0 saturated heterocycles. The number of sulfonamides is 1. The van der Waals surface area contributed by atoms with E-state index in [1.165, 1.54) is 18.1 Å². The van der Waals surface area contributed by atoms with Gasteiger partial charge in [-0.3, -0.25) is 9.52 Å². The number of nitrogens with zero attached hydrogens (tertiary/aromatic N) is 1. The smallest absolute Gasteiger partial charge is 0.262 e. The minimum atomic E-state index is -3.88. The minimum absolute atomic E-state index is 0.0476. The van der Waals surface area contributed by atoms with E-state index in [9.17, 15) is 13.2 Å². The lowest BCUT2D eigenvalue weighted by molar-refractivity contribution is 0.0774. The highest BCUT2D eigenvalue weighted by molar-refractivity contribution is 7.92. The Morgan fingerprint density at radius 3 is 2.37 bits per heavy atom. The predicted octanol–water partition coefficient (Wildman–Crippen LogP) is 3.98. The topological polar surface area (TPSA) is 88.8 Å². The fourth-order valence-electron chi connectivity index (χ4n) is 2.99. The quantitative estimate of drug-likeness (QED) is 0.615. The van der Waals surface area contributed by atoms with Crippen LogP contribution in [0.25, 0.3) is 0 Å². The molecule has 0 atom stereocenters. The summed E-state index contributed by atoms with van der Waals surface area (Å²) in [5.74, 6) is 1.74. The van der Waals surface area contributed by atoms with E-state index in [0.29, 0.717) is 22.8 Å². The highest BCUT2D eigenvalue weighted by Crippen LogP contribution is 2.23. The van der Waals surface area contributed by atoms with Crippen LogP contribution < -0.4 is 9.46 Å². The lowest BCUT2D eigenvalue weighted by atomic mass is 10.1. The Kier molecular flexibility index (Phi) is 6.17. The maximum Gasteiger partial charge on any atom is 0.262 e. The van der Waals surface area contributed by atoms with Crippen molar-refractivity contribution in [2.75, 3.05) is 18.9 Å². The van der Waals surface area contributed by atoms with Gasteiger partial charge in [0.05, 0.1) is 18.6 Å². The van der Waals surface area contributed by atoms with E-state index in [1.54, 1.807) is 50.4 Å². The molecule has 3 rings (SSSR count). The number of rotatable bonds is 7. The summed E-state index contributed by atoms with van der Waals surface area (Å²) < 4.78 is 39.0. The van der Waals surface area contributed by atoms with Crippen LogP contribution in [0.5, 0.6) is 5.75 Å². The summed E-state index contributed by atoms with van der Waals surface area (Å²) in [6.45, 7) is 3.80. The van der Waals surface area contributed by atoms with Gasteiger partial charge in [-0.25, -0.2) is 8.42 Å². The number of anilines is 1. The molecular weight excluding hydrogens is 404 g/mol. The highest BCUT2D eigenvalue weighted by Gasteiger charge is 2.21. The lowest BCUT2D eigenvalue weighted by Gasteiger charge is -2.17. The summed E-state index contributed by atoms with van der Waals surface area (Å²) in [7, 11) is -0.701. The summed E-state index contributed by atoms with van der Waals surface area (Å²) in [4.78, 5) is 14.4. The van der Waals surface area contributed by atoms with E-state index >= 15 is 0 Å². The Balaban J connectivity index is 1.83. The molecule has 0 aliphatic carbocycles.